The summed E-state index contributed by atoms with van der Waals surface area (Å²) in [4.78, 5) is 24.2. The van der Waals surface area contributed by atoms with E-state index < -0.39 is 82.6 Å². The van der Waals surface area contributed by atoms with Gasteiger partial charge in [-0.05, 0) is 45.4 Å². The monoisotopic (exact) mass is 570 g/mol. The van der Waals surface area contributed by atoms with Gasteiger partial charge in [0.2, 0.25) is 0 Å². The largest absolute Gasteiger partial charge is 0.465 e. The molecule has 0 amide bonds. The molecule has 5 fully saturated rings. The number of esters is 2. The lowest BCUT2D eigenvalue weighted by atomic mass is 9.63. The minimum absolute atomic E-state index is 0.0469. The van der Waals surface area contributed by atoms with Gasteiger partial charge < -0.3 is 33.2 Å². The second-order valence-corrected chi connectivity index (χ2v) is 11.9. The Morgan fingerprint density at radius 2 is 1.97 bits per heavy atom. The molecule has 0 aromatic heterocycles. The Morgan fingerprint density at radius 3 is 2.68 bits per heavy atom. The average Bonchev–Trinajstić information content (AvgIpc) is 3.46. The van der Waals surface area contributed by atoms with Crippen LogP contribution >= 0.6 is 0 Å². The van der Waals surface area contributed by atoms with E-state index in [0.717, 1.165) is 25.7 Å². The van der Waals surface area contributed by atoms with Gasteiger partial charge in [-0.3, -0.25) is 4.55 Å². The fraction of sp³-hybridized carbons (Fsp3) is 0.913. The molecule has 1 N–H and O–H groups in total. The van der Waals surface area contributed by atoms with Crippen molar-refractivity contribution in [2.75, 3.05) is 13.2 Å². The molecular weight excluding hydrogens is 538 g/mol. The van der Waals surface area contributed by atoms with Gasteiger partial charge in [-0.25, -0.2) is 9.59 Å². The van der Waals surface area contributed by atoms with Gasteiger partial charge >= 0.3 is 27.3 Å². The van der Waals surface area contributed by atoms with Crippen LogP contribution < -0.4 is 0 Å². The molecular formula is C23H32F2O12S. The molecule has 0 aromatic rings. The van der Waals surface area contributed by atoms with Crippen LogP contribution in [0.1, 0.15) is 52.4 Å². The SMILES string of the molecule is CCOC(C)OC1C(=O)OC2C3OC4(OC3OC12)C1CCCC(C1)CC4CCOC(=O)C(F)(F)S(=O)(=O)O. The van der Waals surface area contributed by atoms with Gasteiger partial charge in [0, 0.05) is 18.4 Å². The van der Waals surface area contributed by atoms with E-state index in [1.165, 1.54) is 0 Å². The summed E-state index contributed by atoms with van der Waals surface area (Å²) in [6.45, 7) is 3.31. The van der Waals surface area contributed by atoms with Gasteiger partial charge in [0.25, 0.3) is 0 Å². The first-order valence-electron chi connectivity index (χ1n) is 12.9. The topological polar surface area (TPSA) is 153 Å². The molecule has 0 aromatic carbocycles. The minimum atomic E-state index is -5.96. The molecule has 5 rings (SSSR count). The number of carbonyl (C=O) groups excluding carboxylic acids is 2. The van der Waals surface area contributed by atoms with Crippen molar-refractivity contribution in [3.8, 4) is 0 Å². The first-order valence-corrected chi connectivity index (χ1v) is 14.3. The molecule has 15 heteroatoms. The van der Waals surface area contributed by atoms with E-state index in [-0.39, 0.29) is 12.3 Å². The van der Waals surface area contributed by atoms with Crippen molar-refractivity contribution >= 4 is 22.1 Å². The molecule has 5 aliphatic rings. The predicted molar refractivity (Wildman–Crippen MR) is 119 cm³/mol. The Labute approximate surface area is 218 Å². The lowest BCUT2D eigenvalue weighted by molar-refractivity contribution is -0.307. The fourth-order valence-electron chi connectivity index (χ4n) is 6.58. The summed E-state index contributed by atoms with van der Waals surface area (Å²) in [6, 6.07) is 0. The van der Waals surface area contributed by atoms with Crippen molar-refractivity contribution in [1.29, 1.82) is 0 Å². The molecule has 3 heterocycles. The number of ether oxygens (including phenoxy) is 7. The third kappa shape index (κ3) is 4.73. The van der Waals surface area contributed by atoms with Crippen molar-refractivity contribution in [3.05, 3.63) is 0 Å². The zero-order valence-corrected chi connectivity index (χ0v) is 21.8. The predicted octanol–water partition coefficient (Wildman–Crippen LogP) is 1.76. The molecule has 2 saturated carbocycles. The molecule has 2 bridgehead atoms. The van der Waals surface area contributed by atoms with Gasteiger partial charge in [0.1, 0.15) is 6.10 Å². The molecule has 12 nitrogen and oxygen atoms in total. The van der Waals surface area contributed by atoms with E-state index in [1.807, 2.05) is 0 Å². The van der Waals surface area contributed by atoms with Crippen molar-refractivity contribution in [1.82, 2.24) is 0 Å². The summed E-state index contributed by atoms with van der Waals surface area (Å²) in [5.41, 5.74) is 0. The Bertz CT molecular complexity index is 1040. The molecule has 10 unspecified atom stereocenters. The highest BCUT2D eigenvalue weighted by Gasteiger charge is 2.69. The van der Waals surface area contributed by atoms with Gasteiger partial charge in [-0.15, -0.1) is 0 Å². The van der Waals surface area contributed by atoms with Crippen LogP contribution in [-0.4, -0.2) is 86.2 Å². The third-order valence-corrected chi connectivity index (χ3v) is 8.96. The number of halogens is 2. The first-order chi connectivity index (χ1) is 17.9. The Hall–Kier alpha value is -1.49. The molecule has 38 heavy (non-hydrogen) atoms. The molecule has 3 aliphatic heterocycles. The van der Waals surface area contributed by atoms with E-state index in [4.69, 9.17) is 33.0 Å². The van der Waals surface area contributed by atoms with Gasteiger partial charge in [0.05, 0.1) is 6.61 Å². The minimum Gasteiger partial charge on any atom is -0.460 e. The van der Waals surface area contributed by atoms with Gasteiger partial charge in [0.15, 0.2) is 36.7 Å². The number of carbonyl (C=O) groups is 2. The second kappa shape index (κ2) is 10.2. The van der Waals surface area contributed by atoms with Crippen molar-refractivity contribution in [2.24, 2.45) is 17.8 Å². The zero-order valence-electron chi connectivity index (χ0n) is 21.0. The summed E-state index contributed by atoms with van der Waals surface area (Å²) in [5, 5.41) is -5.07. The van der Waals surface area contributed by atoms with E-state index in [1.54, 1.807) is 13.8 Å². The smallest absolute Gasteiger partial charge is 0.460 e. The van der Waals surface area contributed by atoms with Gasteiger partial charge in [-0.1, -0.05) is 12.8 Å². The number of hydrogen-bond donors (Lipinski definition) is 1. The van der Waals surface area contributed by atoms with E-state index in [9.17, 15) is 26.8 Å². The number of rotatable bonds is 9. The number of fused-ring (bicyclic) bond motifs is 6. The highest BCUT2D eigenvalue weighted by atomic mass is 32.2. The molecule has 10 atom stereocenters. The molecule has 216 valence electrons. The maximum absolute atomic E-state index is 13.6. The first kappa shape index (κ1) is 28.1. The van der Waals surface area contributed by atoms with Crippen LogP contribution in [0.3, 0.4) is 0 Å². The Morgan fingerprint density at radius 1 is 1.21 bits per heavy atom. The van der Waals surface area contributed by atoms with Crippen LogP contribution in [0.5, 0.6) is 0 Å². The summed E-state index contributed by atoms with van der Waals surface area (Å²) in [5.74, 6) is -4.24. The van der Waals surface area contributed by atoms with Crippen molar-refractivity contribution in [2.45, 2.75) is 100 Å². The zero-order chi connectivity index (χ0) is 27.5. The molecule has 2 aliphatic carbocycles. The van der Waals surface area contributed by atoms with Crippen LogP contribution in [0.4, 0.5) is 8.78 Å². The van der Waals surface area contributed by atoms with Crippen LogP contribution in [0.2, 0.25) is 0 Å². The maximum Gasteiger partial charge on any atom is 0.465 e. The summed E-state index contributed by atoms with van der Waals surface area (Å²) < 4.78 is 97.7. The van der Waals surface area contributed by atoms with E-state index in [2.05, 4.69) is 4.74 Å². The van der Waals surface area contributed by atoms with Crippen molar-refractivity contribution in [3.63, 3.8) is 0 Å². The highest BCUT2D eigenvalue weighted by molar-refractivity contribution is 7.87. The standard InChI is InChI=1S/C23H32F2O12S/c1-3-31-11(2)33-17-15-16(34-19(17)26)18-20(35-15)37-22(36-18)13-6-4-5-12(9-13)10-14(22)7-8-32-21(27)23(24,25)38(28,29)30/h11-18,20H,3-10H2,1-2H3,(H,28,29,30). The quantitative estimate of drug-likeness (QED) is 0.244. The van der Waals surface area contributed by atoms with E-state index >= 15 is 0 Å². The lowest BCUT2D eigenvalue weighted by Crippen LogP contribution is -2.54. The highest BCUT2D eigenvalue weighted by Crippen LogP contribution is 2.57. The average molecular weight is 571 g/mol. The van der Waals surface area contributed by atoms with Gasteiger partial charge in [-0.2, -0.15) is 17.2 Å². The number of hydrogen-bond acceptors (Lipinski definition) is 11. The fourth-order valence-corrected chi connectivity index (χ4v) is 6.84. The summed E-state index contributed by atoms with van der Waals surface area (Å²) >= 11 is 0. The molecule has 1 spiro atoms. The molecule has 0 radical (unpaired) electrons. The summed E-state index contributed by atoms with van der Waals surface area (Å²) in [6.07, 6.45) is -0.625. The van der Waals surface area contributed by atoms with Crippen LogP contribution in [0.25, 0.3) is 0 Å². The van der Waals surface area contributed by atoms with Crippen molar-refractivity contribution < 1.29 is 64.5 Å². The van der Waals surface area contributed by atoms with Crippen LogP contribution in [0, 0.1) is 17.8 Å². The normalized spacial score (nSPS) is 41.0. The van der Waals surface area contributed by atoms with Crippen LogP contribution in [0.15, 0.2) is 0 Å². The maximum atomic E-state index is 13.6. The Kier molecular flexibility index (Phi) is 7.50. The summed E-state index contributed by atoms with van der Waals surface area (Å²) in [7, 11) is -5.96. The van der Waals surface area contributed by atoms with E-state index in [0.29, 0.717) is 18.9 Å². The third-order valence-electron chi connectivity index (χ3n) is 8.15. The second-order valence-electron chi connectivity index (χ2n) is 10.5. The molecule has 3 saturated heterocycles. The number of alkyl halides is 2. The van der Waals surface area contributed by atoms with Crippen LogP contribution in [-0.2, 0) is 52.9 Å². The lowest BCUT2D eigenvalue weighted by Gasteiger charge is -2.51. The Balaban J connectivity index is 1.28.